The summed E-state index contributed by atoms with van der Waals surface area (Å²) in [5.41, 5.74) is 8.19. The molecule has 0 radical (unpaired) electrons. The molecule has 8 heterocycles. The number of fused-ring (bicyclic) bond motifs is 9. The van der Waals surface area contributed by atoms with Crippen LogP contribution in [0.2, 0.25) is 0 Å². The molecule has 0 bridgehead atoms. The van der Waals surface area contributed by atoms with Gasteiger partial charge in [-0.05, 0) is 165 Å². The highest BCUT2D eigenvalue weighted by Crippen LogP contribution is 2.49. The van der Waals surface area contributed by atoms with Crippen molar-refractivity contribution in [3.63, 3.8) is 0 Å². The normalized spacial score (nSPS) is 14.5. The van der Waals surface area contributed by atoms with Crippen molar-refractivity contribution in [2.45, 2.75) is 64.9 Å². The number of nitrogens with one attached hydrogen (secondary N) is 2. The predicted molar refractivity (Wildman–Crippen MR) is 471 cm³/mol. The number of ether oxygens (including phenoxy) is 10. The number of likely N-dealkylation sites (N-methyl/N-ethyl adjacent to an activating group) is 1. The molecular weight excluding hydrogens is 1650 g/mol. The van der Waals surface area contributed by atoms with Crippen LogP contribution in [0.4, 0.5) is 36.7 Å². The van der Waals surface area contributed by atoms with Crippen LogP contribution in [0.5, 0.6) is 23.0 Å². The first-order valence-corrected chi connectivity index (χ1v) is 41.5. The van der Waals surface area contributed by atoms with Crippen molar-refractivity contribution < 1.29 is 96.6 Å². The number of aromatic nitrogens is 4. The Morgan fingerprint density at radius 2 is 1.06 bits per heavy atom. The lowest BCUT2D eigenvalue weighted by Gasteiger charge is -2.28. The lowest BCUT2D eigenvalue weighted by molar-refractivity contribution is 0.00763. The average Bonchev–Trinajstić information content (AvgIpc) is 1.57. The van der Waals surface area contributed by atoms with Crippen LogP contribution in [0, 0.1) is 13.8 Å². The number of phenols is 1. The summed E-state index contributed by atoms with van der Waals surface area (Å²) in [6.45, 7) is 13.6. The van der Waals surface area contributed by atoms with Gasteiger partial charge in [0.15, 0.2) is 13.6 Å². The molecule has 33 heteroatoms. The molecule has 1 saturated heterocycles. The molecule has 30 nitrogen and oxygen atoms in total. The Balaban J connectivity index is 0.000000244. The molecular formula is C92H100Cl2FN11O19. The van der Waals surface area contributed by atoms with Gasteiger partial charge in [0.1, 0.15) is 51.3 Å². The molecule has 3 N–H and O–H groups in total. The summed E-state index contributed by atoms with van der Waals surface area (Å²) in [5.74, 6) is -0.356. The van der Waals surface area contributed by atoms with Crippen molar-refractivity contribution in [1.29, 1.82) is 0 Å². The number of hydrogen-bond donors (Lipinski definition) is 3. The second-order valence-electron chi connectivity index (χ2n) is 30.6. The van der Waals surface area contributed by atoms with E-state index in [0.29, 0.717) is 85.6 Å². The summed E-state index contributed by atoms with van der Waals surface area (Å²) < 4.78 is 73.4. The molecule has 11 aromatic rings. The highest BCUT2D eigenvalue weighted by Gasteiger charge is 2.40. The smallest absolute Gasteiger partial charge is 0.415 e. The first-order chi connectivity index (χ1) is 60.8. The van der Waals surface area contributed by atoms with Crippen LogP contribution in [0.25, 0.3) is 32.8 Å². The number of carbonyl (C=O) groups excluding carboxylic acids is 8. The van der Waals surface area contributed by atoms with Gasteiger partial charge in [-0.1, -0.05) is 48.5 Å². The minimum atomic E-state index is -1.00. The lowest BCUT2D eigenvalue weighted by Crippen LogP contribution is -2.43. The maximum absolute atomic E-state index is 14.6. The Bertz CT molecular complexity index is 5690. The summed E-state index contributed by atoms with van der Waals surface area (Å²) in [6.07, 6.45) is 7.88. The predicted octanol–water partition coefficient (Wildman–Crippen LogP) is 15.1. The van der Waals surface area contributed by atoms with Gasteiger partial charge in [-0.2, -0.15) is 0 Å². The number of amides is 8. The highest BCUT2D eigenvalue weighted by atomic mass is 35.5. The van der Waals surface area contributed by atoms with E-state index in [1.165, 1.54) is 41.8 Å². The van der Waals surface area contributed by atoms with Crippen LogP contribution in [0.1, 0.15) is 131 Å². The van der Waals surface area contributed by atoms with Crippen LogP contribution in [-0.2, 0) is 33.2 Å². The number of carbonyl (C=O) groups is 8. The van der Waals surface area contributed by atoms with Crippen molar-refractivity contribution in [3.8, 4) is 23.0 Å². The molecule has 4 aromatic heterocycles. The minimum absolute atomic E-state index is 0.0600. The van der Waals surface area contributed by atoms with Crippen molar-refractivity contribution in [3.05, 3.63) is 226 Å². The molecule has 7 aromatic carbocycles. The standard InChI is InChI=1S/C56H62ClN7O13.C31H27ClN4O5.C4H8O.CH3F/c1-36-10-9-13-43-46(30-45-49(48(36)43)38(31-57)32-64(45)53(68)44-34-62-33-39(16-19-47(62)59-44)58-50(65)37-14-17-40(18-15-37)75-35-71-6)76-55(70)61(21-20-60(5)54(69)77-56(2,3)4)22-24-72-26-28-74-29-27-73-25-23-63-51(66)41-11-7-8-12-42(41)52(63)67;1-18-4-3-5-23-26(37)12-25-29(28(18)23)20(13-32)14-36(25)31(39)24-16-35-15-21(8-11-27(35)34-24)33-30(38)19-6-9-22(10-7-19)41-17-40-2;1-2-4-5-3-1;1-2/h7-19,30,33-34,38H,20-29,31-32,35H2,1-6H3,(H,58,65);3-12,15-16,20,37H,13-14,17H2,1-2H3,(H,33,38);1-4H2;1H3/t38-;20-;;/m11../s1/i;;;1D. The third kappa shape index (κ3) is 22.3. The second-order valence-corrected chi connectivity index (χ2v) is 31.2. The number of rotatable bonds is 30. The number of benzene rings is 7. The number of phenolic OH excluding ortho intramolecular Hbond substituents is 1. The highest BCUT2D eigenvalue weighted by molar-refractivity contribution is 6.22. The zero-order valence-electron chi connectivity index (χ0n) is 71.6. The number of halogens is 3. The van der Waals surface area contributed by atoms with E-state index in [0.717, 1.165) is 51.6 Å². The number of alkyl halides is 3. The Morgan fingerprint density at radius 1 is 0.592 bits per heavy atom. The van der Waals surface area contributed by atoms with Gasteiger partial charge in [0, 0.05) is 150 Å². The van der Waals surface area contributed by atoms with Crippen LogP contribution < -0.4 is 34.6 Å². The Kier molecular flexibility index (Phi) is 31.0. The topological polar surface area (TPSA) is 324 Å². The SMILES string of the molecule is C1CCOC1.COCOc1ccc(C(=O)Nc2ccc3nc(C(=O)N4C[C@@H](CCl)c5c4cc(O)c4cccc(C)c54)cn3c2)cc1.COCOc1ccc(C(=O)Nc2ccc3nc(C(=O)N4C[C@@H](CCl)c5c4cc(OC(=O)N(CCOCCOCCOCCN4C(=O)c6ccccc6C4=O)CCN(C)C(=O)OC(C)(C)C)c4cccc(C)c54)cn3c2)cc1.[2H]CF. The van der Waals surface area contributed by atoms with Gasteiger partial charge in [0.2, 0.25) is 0 Å². The van der Waals surface area contributed by atoms with Crippen LogP contribution in [0.3, 0.4) is 0 Å². The van der Waals surface area contributed by atoms with Gasteiger partial charge in [0.25, 0.3) is 35.4 Å². The fraction of sp³-hybridized carbons (Fsp3) is 0.348. The zero-order valence-corrected chi connectivity index (χ0v) is 72.1. The number of methoxy groups -OCH3 is 2. The number of nitrogens with zero attached hydrogens (tertiary/aromatic N) is 9. The van der Waals surface area contributed by atoms with E-state index >= 15 is 0 Å². The number of imidazole rings is 2. The van der Waals surface area contributed by atoms with E-state index in [1.54, 1.807) is 180 Å². The maximum atomic E-state index is 14.6. The van der Waals surface area contributed by atoms with E-state index < -0.39 is 30.8 Å². The van der Waals surface area contributed by atoms with Gasteiger partial charge in [0.05, 0.1) is 88.6 Å². The third-order valence-corrected chi connectivity index (χ3v) is 21.6. The van der Waals surface area contributed by atoms with E-state index in [2.05, 4.69) is 20.6 Å². The first kappa shape index (κ1) is 90.4. The monoisotopic (exact) mass is 1750 g/mol. The van der Waals surface area contributed by atoms with Crippen molar-refractivity contribution in [2.24, 2.45) is 0 Å². The number of aromatic hydroxyl groups is 1. The van der Waals surface area contributed by atoms with E-state index in [-0.39, 0.29) is 156 Å². The van der Waals surface area contributed by atoms with Crippen LogP contribution in [0.15, 0.2) is 170 Å². The van der Waals surface area contributed by atoms with Gasteiger partial charge in [-0.25, -0.2) is 19.6 Å². The van der Waals surface area contributed by atoms with Gasteiger partial charge in [-0.15, -0.1) is 23.2 Å². The van der Waals surface area contributed by atoms with Crippen LogP contribution in [-0.4, -0.2) is 238 Å². The quantitative estimate of drug-likeness (QED) is 0.0163. The molecule has 658 valence electrons. The molecule has 8 amide bonds. The second kappa shape index (κ2) is 42.8. The van der Waals surface area contributed by atoms with Gasteiger partial charge >= 0.3 is 12.2 Å². The Hall–Kier alpha value is -12.3. The van der Waals surface area contributed by atoms with Crippen LogP contribution >= 0.6 is 23.2 Å². The molecule has 1 fully saturated rings. The lowest BCUT2D eigenvalue weighted by atomic mass is 9.92. The Morgan fingerprint density at radius 3 is 1.54 bits per heavy atom. The molecule has 0 saturated carbocycles. The molecule has 2 atom stereocenters. The molecule has 15 rings (SSSR count). The molecule has 0 unspecified atom stereocenters. The zero-order chi connectivity index (χ0) is 89.7. The third-order valence-electron chi connectivity index (χ3n) is 20.8. The number of anilines is 4. The fourth-order valence-electron chi connectivity index (χ4n) is 14.8. The summed E-state index contributed by atoms with van der Waals surface area (Å²) >= 11 is 13.0. The largest absolute Gasteiger partial charge is 0.507 e. The molecule has 4 aliphatic heterocycles. The maximum Gasteiger partial charge on any atom is 0.415 e. The van der Waals surface area contributed by atoms with E-state index in [1.807, 2.05) is 50.2 Å². The van der Waals surface area contributed by atoms with Crippen molar-refractivity contribution >= 4 is 126 Å². The number of hydrogen-bond acceptors (Lipinski definition) is 21. The van der Waals surface area contributed by atoms with Crippen molar-refractivity contribution in [1.82, 2.24) is 33.5 Å². The van der Waals surface area contributed by atoms with E-state index in [9.17, 15) is 47.9 Å². The number of aryl methyl sites for hydroxylation is 2. The first-order valence-electron chi connectivity index (χ1n) is 41.2. The molecule has 0 spiro atoms. The van der Waals surface area contributed by atoms with Gasteiger partial charge < -0.3 is 91.5 Å². The van der Waals surface area contributed by atoms with Crippen molar-refractivity contribution in [2.75, 3.05) is 166 Å². The summed E-state index contributed by atoms with van der Waals surface area (Å²) in [7, 11) is 3.64. The summed E-state index contributed by atoms with van der Waals surface area (Å²) in [5, 5.41) is 19.7. The molecule has 0 aliphatic carbocycles. The van der Waals surface area contributed by atoms with E-state index in [4.69, 9.17) is 71.9 Å². The summed E-state index contributed by atoms with van der Waals surface area (Å²) in [6, 6.07) is 41.7. The number of imide groups is 1. The van der Waals surface area contributed by atoms with Gasteiger partial charge in [-0.3, -0.25) is 38.1 Å². The molecule has 125 heavy (non-hydrogen) atoms. The Labute approximate surface area is 733 Å². The average molecular weight is 1750 g/mol. The minimum Gasteiger partial charge on any atom is -0.507 e. The number of pyridine rings is 2. The fourth-order valence-corrected chi connectivity index (χ4v) is 15.3. The molecule has 4 aliphatic rings. The summed E-state index contributed by atoms with van der Waals surface area (Å²) in [4.78, 5) is 123.